The van der Waals surface area contributed by atoms with Crippen LogP contribution in [0.1, 0.15) is 51.6 Å². The molecule has 0 radical (unpaired) electrons. The number of aromatic nitrogens is 1. The number of anilines is 1. The summed E-state index contributed by atoms with van der Waals surface area (Å²) in [5.74, 6) is 0.641. The van der Waals surface area contributed by atoms with E-state index in [4.69, 9.17) is 0 Å². The van der Waals surface area contributed by atoms with Crippen LogP contribution in [-0.2, 0) is 20.1 Å². The lowest BCUT2D eigenvalue weighted by atomic mass is 10.1. The van der Waals surface area contributed by atoms with E-state index in [1.807, 2.05) is 13.0 Å². The Bertz CT molecular complexity index is 756. The van der Waals surface area contributed by atoms with Gasteiger partial charge < -0.3 is 15.2 Å². The van der Waals surface area contributed by atoms with Crippen LogP contribution in [0.4, 0.5) is 5.69 Å². The van der Waals surface area contributed by atoms with Gasteiger partial charge in [-0.15, -0.1) is 0 Å². The number of carbonyl (C=O) groups excluding carboxylic acids is 1. The molecule has 1 aromatic heterocycles. The minimum atomic E-state index is -0.00842. The summed E-state index contributed by atoms with van der Waals surface area (Å²) in [5.41, 5.74) is 6.61. The van der Waals surface area contributed by atoms with Crippen molar-refractivity contribution >= 4 is 11.6 Å². The van der Waals surface area contributed by atoms with Crippen molar-refractivity contribution in [2.24, 2.45) is 7.05 Å². The van der Waals surface area contributed by atoms with E-state index in [1.54, 1.807) is 0 Å². The standard InChI is InChI=1S/C18H21N3O/c1-11-16(8-17(21(11)2)12-3-4-12)18(22)20-15-6-5-13-9-19-10-14(13)7-15/h5-8,12,19H,3-4,9-10H2,1-2H3,(H,20,22). The molecule has 4 nitrogen and oxygen atoms in total. The van der Waals surface area contributed by atoms with Crippen molar-refractivity contribution in [1.82, 2.24) is 9.88 Å². The van der Waals surface area contributed by atoms with E-state index < -0.39 is 0 Å². The van der Waals surface area contributed by atoms with Gasteiger partial charge in [-0.25, -0.2) is 0 Å². The number of nitrogens with one attached hydrogen (secondary N) is 2. The number of carbonyl (C=O) groups is 1. The highest BCUT2D eigenvalue weighted by molar-refractivity contribution is 6.05. The number of hydrogen-bond donors (Lipinski definition) is 2. The van der Waals surface area contributed by atoms with Gasteiger partial charge in [0.25, 0.3) is 5.91 Å². The van der Waals surface area contributed by atoms with Crippen molar-refractivity contribution in [3.05, 3.63) is 52.3 Å². The summed E-state index contributed by atoms with van der Waals surface area (Å²) in [6.07, 6.45) is 2.49. The number of nitrogens with zero attached hydrogens (tertiary/aromatic N) is 1. The molecule has 0 atom stereocenters. The summed E-state index contributed by atoms with van der Waals surface area (Å²) in [5, 5.41) is 6.37. The third kappa shape index (κ3) is 2.24. The molecule has 1 saturated carbocycles. The molecule has 4 heteroatoms. The molecule has 1 aromatic carbocycles. The average molecular weight is 295 g/mol. The summed E-state index contributed by atoms with van der Waals surface area (Å²) in [4.78, 5) is 12.6. The molecular weight excluding hydrogens is 274 g/mol. The Morgan fingerprint density at radius 2 is 2.00 bits per heavy atom. The van der Waals surface area contributed by atoms with Crippen LogP contribution in [0.25, 0.3) is 0 Å². The van der Waals surface area contributed by atoms with Crippen LogP contribution < -0.4 is 10.6 Å². The fourth-order valence-electron chi connectivity index (χ4n) is 3.30. The van der Waals surface area contributed by atoms with Gasteiger partial charge in [0.15, 0.2) is 0 Å². The van der Waals surface area contributed by atoms with Gasteiger partial charge in [-0.2, -0.15) is 0 Å². The van der Waals surface area contributed by atoms with Crippen molar-refractivity contribution in [2.75, 3.05) is 5.32 Å². The molecule has 2 N–H and O–H groups in total. The Hall–Kier alpha value is -2.07. The van der Waals surface area contributed by atoms with E-state index in [9.17, 15) is 4.79 Å². The summed E-state index contributed by atoms with van der Waals surface area (Å²) in [6, 6.07) is 8.23. The van der Waals surface area contributed by atoms with Crippen LogP contribution in [0.2, 0.25) is 0 Å². The molecule has 2 heterocycles. The number of fused-ring (bicyclic) bond motifs is 1. The SMILES string of the molecule is Cc1c(C(=O)Nc2ccc3c(c2)CNC3)cc(C2CC2)n1C. The molecule has 2 aromatic rings. The third-order valence-corrected chi connectivity index (χ3v) is 4.91. The maximum absolute atomic E-state index is 12.6. The first-order chi connectivity index (χ1) is 10.6. The zero-order valence-electron chi connectivity index (χ0n) is 13.1. The first kappa shape index (κ1) is 13.6. The molecule has 1 aliphatic carbocycles. The van der Waals surface area contributed by atoms with E-state index >= 15 is 0 Å². The fourth-order valence-corrected chi connectivity index (χ4v) is 3.30. The largest absolute Gasteiger partial charge is 0.351 e. The maximum atomic E-state index is 12.6. The van der Waals surface area contributed by atoms with E-state index in [0.29, 0.717) is 5.92 Å². The third-order valence-electron chi connectivity index (χ3n) is 4.91. The normalized spacial score (nSPS) is 16.6. The molecule has 0 spiro atoms. The second-order valence-electron chi connectivity index (χ2n) is 6.44. The van der Waals surface area contributed by atoms with Gasteiger partial charge in [-0.05, 0) is 55.0 Å². The molecule has 114 valence electrons. The van der Waals surface area contributed by atoms with Crippen LogP contribution in [0.15, 0.2) is 24.3 Å². The lowest BCUT2D eigenvalue weighted by Crippen LogP contribution is -2.13. The second-order valence-corrected chi connectivity index (χ2v) is 6.44. The lowest BCUT2D eigenvalue weighted by molar-refractivity contribution is 0.102. The second kappa shape index (κ2) is 4.99. The van der Waals surface area contributed by atoms with Gasteiger partial charge in [0.05, 0.1) is 5.56 Å². The Morgan fingerprint density at radius 1 is 1.23 bits per heavy atom. The lowest BCUT2D eigenvalue weighted by Gasteiger charge is -2.07. The van der Waals surface area contributed by atoms with E-state index in [2.05, 4.69) is 40.4 Å². The predicted molar refractivity (Wildman–Crippen MR) is 87.1 cm³/mol. The quantitative estimate of drug-likeness (QED) is 0.914. The highest BCUT2D eigenvalue weighted by Crippen LogP contribution is 2.41. The Morgan fingerprint density at radius 3 is 2.77 bits per heavy atom. The zero-order valence-corrected chi connectivity index (χ0v) is 13.1. The fraction of sp³-hybridized carbons (Fsp3) is 0.389. The Balaban J connectivity index is 1.58. The van der Waals surface area contributed by atoms with Crippen molar-refractivity contribution in [1.29, 1.82) is 0 Å². The molecule has 0 saturated heterocycles. The van der Waals surface area contributed by atoms with Crippen LogP contribution in [0.5, 0.6) is 0 Å². The number of hydrogen-bond acceptors (Lipinski definition) is 2. The Kier molecular flexibility index (Phi) is 3.08. The van der Waals surface area contributed by atoms with Gasteiger partial charge in [0.1, 0.15) is 0 Å². The van der Waals surface area contributed by atoms with Crippen molar-refractivity contribution in [3.8, 4) is 0 Å². The van der Waals surface area contributed by atoms with Gasteiger partial charge in [-0.1, -0.05) is 6.07 Å². The maximum Gasteiger partial charge on any atom is 0.257 e. The van der Waals surface area contributed by atoms with E-state index in [1.165, 1.54) is 29.7 Å². The minimum absolute atomic E-state index is 0.00842. The summed E-state index contributed by atoms with van der Waals surface area (Å²) >= 11 is 0. The molecule has 1 amide bonds. The van der Waals surface area contributed by atoms with Gasteiger partial charge in [-0.3, -0.25) is 4.79 Å². The molecule has 4 rings (SSSR count). The smallest absolute Gasteiger partial charge is 0.257 e. The van der Waals surface area contributed by atoms with E-state index in [0.717, 1.165) is 30.0 Å². The highest BCUT2D eigenvalue weighted by atomic mass is 16.1. The van der Waals surface area contributed by atoms with E-state index in [-0.39, 0.29) is 5.91 Å². The molecule has 1 fully saturated rings. The molecule has 1 aliphatic heterocycles. The molecule has 2 aliphatic rings. The molecule has 0 bridgehead atoms. The Labute approximate surface area is 130 Å². The average Bonchev–Trinajstić information content (AvgIpc) is 3.16. The van der Waals surface area contributed by atoms with Crippen molar-refractivity contribution in [2.45, 2.75) is 38.8 Å². The minimum Gasteiger partial charge on any atom is -0.351 e. The van der Waals surface area contributed by atoms with Crippen LogP contribution in [-0.4, -0.2) is 10.5 Å². The summed E-state index contributed by atoms with van der Waals surface area (Å²) in [7, 11) is 2.06. The monoisotopic (exact) mass is 295 g/mol. The van der Waals surface area contributed by atoms with Gasteiger partial charge in [0, 0.05) is 37.2 Å². The topological polar surface area (TPSA) is 46.1 Å². The molecule has 0 unspecified atom stereocenters. The van der Waals surface area contributed by atoms with Crippen LogP contribution in [0.3, 0.4) is 0 Å². The number of rotatable bonds is 3. The van der Waals surface area contributed by atoms with Crippen LogP contribution in [0, 0.1) is 6.92 Å². The molecular formula is C18H21N3O. The molecule has 22 heavy (non-hydrogen) atoms. The first-order valence-electron chi connectivity index (χ1n) is 7.93. The van der Waals surface area contributed by atoms with Gasteiger partial charge >= 0.3 is 0 Å². The highest BCUT2D eigenvalue weighted by Gasteiger charge is 2.29. The van der Waals surface area contributed by atoms with Crippen LogP contribution >= 0.6 is 0 Å². The predicted octanol–water partition coefficient (Wildman–Crippen LogP) is 3.07. The summed E-state index contributed by atoms with van der Waals surface area (Å²) in [6.45, 7) is 3.83. The van der Waals surface area contributed by atoms with Gasteiger partial charge in [0.2, 0.25) is 0 Å². The summed E-state index contributed by atoms with van der Waals surface area (Å²) < 4.78 is 2.17. The number of benzene rings is 1. The first-order valence-corrected chi connectivity index (χ1v) is 7.93. The number of amides is 1. The van der Waals surface area contributed by atoms with Crippen molar-refractivity contribution < 1.29 is 4.79 Å². The van der Waals surface area contributed by atoms with Crippen molar-refractivity contribution in [3.63, 3.8) is 0 Å². The zero-order chi connectivity index (χ0) is 15.3.